The molecule has 0 saturated heterocycles. The van der Waals surface area contributed by atoms with E-state index in [-0.39, 0.29) is 12.2 Å². The minimum absolute atomic E-state index is 0.332. The lowest BCUT2D eigenvalue weighted by atomic mass is 10.2. The highest BCUT2D eigenvalue weighted by Gasteiger charge is 2.07. The van der Waals surface area contributed by atoms with Gasteiger partial charge in [-0.1, -0.05) is 26.7 Å². The molecular formula is C13H30N2O3. The normalized spacial score (nSPS) is 16.5. The molecule has 0 aliphatic heterocycles. The van der Waals surface area contributed by atoms with Gasteiger partial charge >= 0.3 is 0 Å². The maximum absolute atomic E-state index is 9.65. The molecule has 110 valence electrons. The largest absolute Gasteiger partial charge is 0.392 e. The first-order valence-corrected chi connectivity index (χ1v) is 7.05. The summed E-state index contributed by atoms with van der Waals surface area (Å²) in [5.74, 6) is 0. The van der Waals surface area contributed by atoms with Crippen molar-refractivity contribution in [3.63, 3.8) is 0 Å². The fraction of sp³-hybridized carbons (Fsp3) is 1.00. The number of hydrogen-bond donors (Lipinski definition) is 5. The smallest absolute Gasteiger partial charge is 0.0788 e. The van der Waals surface area contributed by atoms with Crippen LogP contribution in [0.2, 0.25) is 0 Å². The lowest BCUT2D eigenvalue weighted by Crippen LogP contribution is -2.40. The zero-order valence-electron chi connectivity index (χ0n) is 11.7. The maximum atomic E-state index is 9.65. The maximum Gasteiger partial charge on any atom is 0.0788 e. The second-order valence-corrected chi connectivity index (χ2v) is 4.86. The molecule has 0 fully saturated rings. The third kappa shape index (κ3) is 10.9. The van der Waals surface area contributed by atoms with Crippen LogP contribution in [0.3, 0.4) is 0 Å². The highest BCUT2D eigenvalue weighted by atomic mass is 16.3. The van der Waals surface area contributed by atoms with Crippen molar-refractivity contribution in [1.29, 1.82) is 0 Å². The van der Waals surface area contributed by atoms with Crippen molar-refractivity contribution in [2.24, 2.45) is 0 Å². The van der Waals surface area contributed by atoms with Gasteiger partial charge in [0.05, 0.1) is 18.3 Å². The molecule has 2 atom stereocenters. The molecule has 0 aromatic rings. The lowest BCUT2D eigenvalue weighted by Gasteiger charge is -2.16. The highest BCUT2D eigenvalue weighted by Crippen LogP contribution is 1.95. The van der Waals surface area contributed by atoms with Gasteiger partial charge in [0.2, 0.25) is 0 Å². The number of hydrogen-bond acceptors (Lipinski definition) is 5. The summed E-state index contributed by atoms with van der Waals surface area (Å²) in [6.45, 7) is 6.01. The molecular weight excluding hydrogens is 232 g/mol. The van der Waals surface area contributed by atoms with Crippen LogP contribution in [0.5, 0.6) is 0 Å². The van der Waals surface area contributed by atoms with E-state index in [0.29, 0.717) is 26.2 Å². The lowest BCUT2D eigenvalue weighted by molar-refractivity contribution is 0.128. The number of aliphatic hydroxyl groups excluding tert-OH is 3. The quantitative estimate of drug-likeness (QED) is 0.338. The molecule has 0 aliphatic rings. The van der Waals surface area contributed by atoms with Crippen molar-refractivity contribution in [2.45, 2.75) is 57.8 Å². The molecule has 0 saturated carbocycles. The Labute approximate surface area is 111 Å². The molecule has 5 heteroatoms. The second kappa shape index (κ2) is 11.9. The van der Waals surface area contributed by atoms with Gasteiger partial charge in [0, 0.05) is 26.2 Å². The van der Waals surface area contributed by atoms with Crippen LogP contribution >= 0.6 is 0 Å². The van der Waals surface area contributed by atoms with E-state index in [1.807, 2.05) is 13.8 Å². The van der Waals surface area contributed by atoms with E-state index in [4.69, 9.17) is 0 Å². The Kier molecular flexibility index (Phi) is 11.7. The standard InChI is InChI=1S/C13H30N2O3/c1-3-5-11(16)7-14-9-13(18)10-15-8-12(17)6-4-2/h11-18H,3-10H2,1-2H3. The average molecular weight is 262 g/mol. The molecule has 0 spiro atoms. The van der Waals surface area contributed by atoms with Crippen molar-refractivity contribution >= 4 is 0 Å². The summed E-state index contributed by atoms with van der Waals surface area (Å²) < 4.78 is 0. The second-order valence-electron chi connectivity index (χ2n) is 4.86. The van der Waals surface area contributed by atoms with Gasteiger partial charge in [-0.3, -0.25) is 0 Å². The summed E-state index contributed by atoms with van der Waals surface area (Å²) in [5, 5.41) is 34.7. The van der Waals surface area contributed by atoms with Gasteiger partial charge in [-0.25, -0.2) is 0 Å². The van der Waals surface area contributed by atoms with Crippen molar-refractivity contribution < 1.29 is 15.3 Å². The van der Waals surface area contributed by atoms with Crippen LogP contribution in [0, 0.1) is 0 Å². The molecule has 0 aromatic heterocycles. The van der Waals surface area contributed by atoms with Crippen molar-refractivity contribution in [3.05, 3.63) is 0 Å². The summed E-state index contributed by atoms with van der Waals surface area (Å²) in [5.41, 5.74) is 0. The molecule has 0 radical (unpaired) electrons. The van der Waals surface area contributed by atoms with Crippen LogP contribution in [0.25, 0.3) is 0 Å². The van der Waals surface area contributed by atoms with Gasteiger partial charge in [0.15, 0.2) is 0 Å². The predicted octanol–water partition coefficient (Wildman–Crippen LogP) is -0.151. The molecule has 5 N–H and O–H groups in total. The first-order chi connectivity index (χ1) is 8.60. The minimum Gasteiger partial charge on any atom is -0.392 e. The molecule has 2 unspecified atom stereocenters. The van der Waals surface area contributed by atoms with Gasteiger partial charge in [-0.15, -0.1) is 0 Å². The molecule has 0 bridgehead atoms. The Hall–Kier alpha value is -0.200. The van der Waals surface area contributed by atoms with E-state index in [9.17, 15) is 15.3 Å². The first-order valence-electron chi connectivity index (χ1n) is 7.05. The third-order valence-corrected chi connectivity index (χ3v) is 2.76. The van der Waals surface area contributed by atoms with E-state index < -0.39 is 6.10 Å². The Morgan fingerprint density at radius 2 is 1.00 bits per heavy atom. The van der Waals surface area contributed by atoms with Crippen molar-refractivity contribution in [1.82, 2.24) is 10.6 Å². The Bertz CT molecular complexity index is 164. The zero-order chi connectivity index (χ0) is 13.8. The van der Waals surface area contributed by atoms with Gasteiger partial charge in [-0.2, -0.15) is 0 Å². The predicted molar refractivity (Wildman–Crippen MR) is 73.6 cm³/mol. The molecule has 0 heterocycles. The van der Waals surface area contributed by atoms with Crippen molar-refractivity contribution in [3.8, 4) is 0 Å². The molecule has 18 heavy (non-hydrogen) atoms. The SMILES string of the molecule is CCCC(O)CNCC(O)CNCC(O)CCC. The van der Waals surface area contributed by atoms with Crippen LogP contribution in [0.15, 0.2) is 0 Å². The van der Waals surface area contributed by atoms with Gasteiger partial charge in [0.1, 0.15) is 0 Å². The van der Waals surface area contributed by atoms with Gasteiger partial charge in [-0.05, 0) is 12.8 Å². The molecule has 0 aliphatic carbocycles. The van der Waals surface area contributed by atoms with E-state index in [1.54, 1.807) is 0 Å². The van der Waals surface area contributed by atoms with Crippen molar-refractivity contribution in [2.75, 3.05) is 26.2 Å². The molecule has 0 amide bonds. The number of rotatable bonds is 12. The van der Waals surface area contributed by atoms with Crippen LogP contribution in [-0.4, -0.2) is 59.8 Å². The molecule has 5 nitrogen and oxygen atoms in total. The summed E-state index contributed by atoms with van der Waals surface area (Å²) in [6, 6.07) is 0. The van der Waals surface area contributed by atoms with E-state index in [0.717, 1.165) is 25.7 Å². The fourth-order valence-corrected chi connectivity index (χ4v) is 1.78. The third-order valence-electron chi connectivity index (χ3n) is 2.76. The Balaban J connectivity index is 3.39. The number of nitrogens with one attached hydrogen (secondary N) is 2. The summed E-state index contributed by atoms with van der Waals surface area (Å²) in [4.78, 5) is 0. The Morgan fingerprint density at radius 3 is 1.33 bits per heavy atom. The highest BCUT2D eigenvalue weighted by molar-refractivity contribution is 4.67. The van der Waals surface area contributed by atoms with Crippen LogP contribution < -0.4 is 10.6 Å². The fourth-order valence-electron chi connectivity index (χ4n) is 1.78. The summed E-state index contributed by atoms with van der Waals surface area (Å²) >= 11 is 0. The topological polar surface area (TPSA) is 84.8 Å². The van der Waals surface area contributed by atoms with E-state index in [2.05, 4.69) is 10.6 Å². The average Bonchev–Trinajstić information content (AvgIpc) is 2.29. The Morgan fingerprint density at radius 1 is 0.667 bits per heavy atom. The molecule has 0 aromatic carbocycles. The summed E-state index contributed by atoms with van der Waals surface area (Å²) in [6.07, 6.45) is 2.33. The van der Waals surface area contributed by atoms with Gasteiger partial charge < -0.3 is 26.0 Å². The van der Waals surface area contributed by atoms with Crippen LogP contribution in [0.1, 0.15) is 39.5 Å². The van der Waals surface area contributed by atoms with Gasteiger partial charge in [0.25, 0.3) is 0 Å². The summed E-state index contributed by atoms with van der Waals surface area (Å²) in [7, 11) is 0. The number of aliphatic hydroxyl groups is 3. The molecule has 0 rings (SSSR count). The van der Waals surface area contributed by atoms with E-state index in [1.165, 1.54) is 0 Å². The zero-order valence-corrected chi connectivity index (χ0v) is 11.7. The van der Waals surface area contributed by atoms with Crippen LogP contribution in [0.4, 0.5) is 0 Å². The monoisotopic (exact) mass is 262 g/mol. The minimum atomic E-state index is -0.493. The first kappa shape index (κ1) is 17.8. The van der Waals surface area contributed by atoms with Crippen LogP contribution in [-0.2, 0) is 0 Å². The van der Waals surface area contributed by atoms with E-state index >= 15 is 0 Å².